The van der Waals surface area contributed by atoms with Gasteiger partial charge in [0, 0.05) is 5.56 Å². The van der Waals surface area contributed by atoms with Crippen LogP contribution in [0, 0.1) is 0 Å². The van der Waals surface area contributed by atoms with Crippen LogP contribution in [0.5, 0.6) is 0 Å². The molecule has 0 spiro atoms. The molecule has 1 rings (SSSR count). The molecule has 0 aliphatic carbocycles. The van der Waals surface area contributed by atoms with E-state index in [2.05, 4.69) is 5.16 Å². The van der Waals surface area contributed by atoms with Gasteiger partial charge in [-0.3, -0.25) is 0 Å². The number of hydrogen-bond donors (Lipinski definition) is 1. The van der Waals surface area contributed by atoms with Crippen molar-refractivity contribution in [1.29, 1.82) is 0 Å². The minimum absolute atomic E-state index is 0.414. The van der Waals surface area contributed by atoms with Gasteiger partial charge in [0.25, 0.3) is 0 Å². The molecule has 3 nitrogen and oxygen atoms in total. The van der Waals surface area contributed by atoms with E-state index >= 15 is 0 Å². The summed E-state index contributed by atoms with van der Waals surface area (Å²) in [6, 6.07) is 9.51. The first-order valence-electron chi connectivity index (χ1n) is 3.85. The Labute approximate surface area is 71.8 Å². The molecular formula is C9H12N2O. The molecule has 3 heteroatoms. The van der Waals surface area contributed by atoms with E-state index in [4.69, 9.17) is 10.6 Å². The lowest BCUT2D eigenvalue weighted by Crippen LogP contribution is -2.13. The molecule has 0 aliphatic heterocycles. The Balaban J connectivity index is 2.71. The van der Waals surface area contributed by atoms with Gasteiger partial charge < -0.3 is 10.6 Å². The highest BCUT2D eigenvalue weighted by Crippen LogP contribution is 1.97. The van der Waals surface area contributed by atoms with Gasteiger partial charge in [-0.2, -0.15) is 0 Å². The third kappa shape index (κ3) is 2.27. The lowest BCUT2D eigenvalue weighted by atomic mass is 10.2. The smallest absolute Gasteiger partial charge is 0.170 e. The van der Waals surface area contributed by atoms with Crippen LogP contribution in [0.25, 0.3) is 0 Å². The molecule has 0 saturated carbocycles. The van der Waals surface area contributed by atoms with E-state index in [1.165, 1.54) is 0 Å². The molecule has 64 valence electrons. The lowest BCUT2D eigenvalue weighted by molar-refractivity contribution is 0.158. The van der Waals surface area contributed by atoms with E-state index in [9.17, 15) is 0 Å². The number of benzene rings is 1. The molecule has 12 heavy (non-hydrogen) atoms. The molecule has 1 aromatic rings. The molecular weight excluding hydrogens is 152 g/mol. The average Bonchev–Trinajstić information content (AvgIpc) is 2.15. The zero-order valence-electron chi connectivity index (χ0n) is 7.03. The van der Waals surface area contributed by atoms with Crippen molar-refractivity contribution in [3.8, 4) is 0 Å². The van der Waals surface area contributed by atoms with Gasteiger partial charge in [-0.15, -0.1) is 0 Å². The van der Waals surface area contributed by atoms with E-state index in [0.29, 0.717) is 12.4 Å². The second-order valence-corrected chi connectivity index (χ2v) is 2.26. The second kappa shape index (κ2) is 4.38. The number of oxime groups is 1. The van der Waals surface area contributed by atoms with Crippen LogP contribution in [-0.2, 0) is 4.84 Å². The monoisotopic (exact) mass is 164 g/mol. The summed E-state index contributed by atoms with van der Waals surface area (Å²) in [4.78, 5) is 4.81. The van der Waals surface area contributed by atoms with Gasteiger partial charge in [0.15, 0.2) is 5.84 Å². The van der Waals surface area contributed by atoms with Gasteiger partial charge in [-0.05, 0) is 6.92 Å². The maximum Gasteiger partial charge on any atom is 0.170 e. The van der Waals surface area contributed by atoms with E-state index in [-0.39, 0.29) is 0 Å². The molecule has 0 fully saturated rings. The van der Waals surface area contributed by atoms with E-state index < -0.39 is 0 Å². The fourth-order valence-electron chi connectivity index (χ4n) is 0.796. The topological polar surface area (TPSA) is 47.6 Å². The summed E-state index contributed by atoms with van der Waals surface area (Å²) in [6.07, 6.45) is 0. The molecule has 0 atom stereocenters. The number of amidine groups is 1. The van der Waals surface area contributed by atoms with Crippen molar-refractivity contribution >= 4 is 5.84 Å². The molecule has 0 radical (unpaired) electrons. The molecule has 0 unspecified atom stereocenters. The van der Waals surface area contributed by atoms with Gasteiger partial charge in [0.05, 0.1) is 0 Å². The molecule has 0 saturated heterocycles. The minimum atomic E-state index is 0.414. The Kier molecular flexibility index (Phi) is 3.14. The van der Waals surface area contributed by atoms with Gasteiger partial charge in [-0.1, -0.05) is 35.5 Å². The second-order valence-electron chi connectivity index (χ2n) is 2.26. The highest BCUT2D eigenvalue weighted by atomic mass is 16.6. The predicted octanol–water partition coefficient (Wildman–Crippen LogP) is 1.34. The predicted molar refractivity (Wildman–Crippen MR) is 48.8 cm³/mol. The van der Waals surface area contributed by atoms with Gasteiger partial charge in [-0.25, -0.2) is 0 Å². The van der Waals surface area contributed by atoms with Crippen molar-refractivity contribution in [2.24, 2.45) is 10.9 Å². The van der Waals surface area contributed by atoms with E-state index in [1.54, 1.807) is 0 Å². The Morgan fingerprint density at radius 2 is 2.08 bits per heavy atom. The first kappa shape index (κ1) is 8.59. The normalized spacial score (nSPS) is 11.2. The van der Waals surface area contributed by atoms with Crippen molar-refractivity contribution in [3.05, 3.63) is 35.9 Å². The Bertz CT molecular complexity index is 256. The summed E-state index contributed by atoms with van der Waals surface area (Å²) in [5, 5.41) is 3.71. The highest BCUT2D eigenvalue weighted by molar-refractivity contribution is 5.96. The molecule has 0 aliphatic rings. The Morgan fingerprint density at radius 1 is 1.42 bits per heavy atom. The number of rotatable bonds is 3. The van der Waals surface area contributed by atoms with Crippen LogP contribution >= 0.6 is 0 Å². The van der Waals surface area contributed by atoms with Crippen molar-refractivity contribution in [1.82, 2.24) is 0 Å². The molecule has 0 heterocycles. The summed E-state index contributed by atoms with van der Waals surface area (Å²) in [6.45, 7) is 2.40. The molecule has 1 aromatic carbocycles. The van der Waals surface area contributed by atoms with E-state index in [1.807, 2.05) is 37.3 Å². The molecule has 0 aromatic heterocycles. The summed E-state index contributed by atoms with van der Waals surface area (Å²) in [5.41, 5.74) is 6.49. The van der Waals surface area contributed by atoms with Crippen LogP contribution in [0.1, 0.15) is 12.5 Å². The lowest BCUT2D eigenvalue weighted by Gasteiger charge is -1.98. The fourth-order valence-corrected chi connectivity index (χ4v) is 0.796. The number of hydrogen-bond acceptors (Lipinski definition) is 2. The average molecular weight is 164 g/mol. The van der Waals surface area contributed by atoms with Crippen molar-refractivity contribution in [2.75, 3.05) is 6.61 Å². The summed E-state index contributed by atoms with van der Waals surface area (Å²) < 4.78 is 0. The third-order valence-corrected chi connectivity index (χ3v) is 1.36. The summed E-state index contributed by atoms with van der Waals surface area (Å²) >= 11 is 0. The van der Waals surface area contributed by atoms with Crippen molar-refractivity contribution < 1.29 is 4.84 Å². The summed E-state index contributed by atoms with van der Waals surface area (Å²) in [7, 11) is 0. The standard InChI is InChI=1S/C9H12N2O/c1-2-12-11-9(10)8-6-4-3-5-7-8/h3-7H,2H2,1H3,(H2,10,11). The SMILES string of the molecule is CCO/N=C(\N)c1ccccc1. The largest absolute Gasteiger partial charge is 0.394 e. The maximum atomic E-state index is 5.61. The van der Waals surface area contributed by atoms with Crippen molar-refractivity contribution in [3.63, 3.8) is 0 Å². The van der Waals surface area contributed by atoms with Crippen LogP contribution in [-0.4, -0.2) is 12.4 Å². The Hall–Kier alpha value is -1.51. The fraction of sp³-hybridized carbons (Fsp3) is 0.222. The summed E-state index contributed by atoms with van der Waals surface area (Å²) in [5.74, 6) is 0.414. The van der Waals surface area contributed by atoms with Gasteiger partial charge in [0.2, 0.25) is 0 Å². The van der Waals surface area contributed by atoms with Crippen LogP contribution in [0.2, 0.25) is 0 Å². The van der Waals surface area contributed by atoms with Crippen molar-refractivity contribution in [2.45, 2.75) is 6.92 Å². The van der Waals surface area contributed by atoms with Crippen LogP contribution < -0.4 is 5.73 Å². The molecule has 0 bridgehead atoms. The zero-order chi connectivity index (χ0) is 8.81. The van der Waals surface area contributed by atoms with Gasteiger partial charge >= 0.3 is 0 Å². The third-order valence-electron chi connectivity index (χ3n) is 1.36. The number of nitrogens with two attached hydrogens (primary N) is 1. The minimum Gasteiger partial charge on any atom is -0.394 e. The zero-order valence-corrected chi connectivity index (χ0v) is 7.03. The molecule has 0 amide bonds. The Morgan fingerprint density at radius 3 is 2.67 bits per heavy atom. The van der Waals surface area contributed by atoms with Gasteiger partial charge in [0.1, 0.15) is 6.61 Å². The molecule has 2 N–H and O–H groups in total. The van der Waals surface area contributed by atoms with Crippen LogP contribution in [0.3, 0.4) is 0 Å². The van der Waals surface area contributed by atoms with Crippen LogP contribution in [0.4, 0.5) is 0 Å². The van der Waals surface area contributed by atoms with Crippen LogP contribution in [0.15, 0.2) is 35.5 Å². The van der Waals surface area contributed by atoms with E-state index in [0.717, 1.165) is 5.56 Å². The first-order valence-corrected chi connectivity index (χ1v) is 3.85. The highest BCUT2D eigenvalue weighted by Gasteiger charge is 1.95. The maximum absolute atomic E-state index is 5.61. The number of nitrogens with zero attached hydrogens (tertiary/aromatic N) is 1. The first-order chi connectivity index (χ1) is 5.84. The quantitative estimate of drug-likeness (QED) is 0.416.